The molecule has 38 heavy (non-hydrogen) atoms. The molecule has 1 amide bonds. The van der Waals surface area contributed by atoms with Crippen molar-refractivity contribution in [3.63, 3.8) is 0 Å². The topological polar surface area (TPSA) is 54.0 Å². The first-order valence-corrected chi connectivity index (χ1v) is 13.5. The summed E-state index contributed by atoms with van der Waals surface area (Å²) >= 11 is 0. The highest BCUT2D eigenvalue weighted by atomic mass is 16.5. The summed E-state index contributed by atoms with van der Waals surface area (Å²) < 4.78 is 12.0. The fourth-order valence-corrected chi connectivity index (χ4v) is 5.50. The van der Waals surface area contributed by atoms with Crippen molar-refractivity contribution in [2.45, 2.75) is 31.6 Å². The van der Waals surface area contributed by atoms with E-state index in [1.54, 1.807) is 0 Å². The van der Waals surface area contributed by atoms with Gasteiger partial charge in [-0.15, -0.1) is 0 Å². The maximum atomic E-state index is 14.2. The molecule has 0 aromatic heterocycles. The second kappa shape index (κ2) is 10.4. The standard InChI is InChI=1S/C32H39N3O3/c1-31(2,3)24-12-15-29(38-21-18-35-16-19-37-20-17-35)27(22-24)32(23-10-13-25(14-11-23)34(4)5)26-8-6-7-9-28(26)33-30(32)36/h6-15,22H,16-21H2,1-5H3,(H,33,36). The average molecular weight is 514 g/mol. The first-order valence-electron chi connectivity index (χ1n) is 13.5. The number of carbonyl (C=O) groups excluding carboxylic acids is 1. The third-order valence-corrected chi connectivity index (χ3v) is 7.75. The van der Waals surface area contributed by atoms with Gasteiger partial charge in [-0.3, -0.25) is 9.69 Å². The summed E-state index contributed by atoms with van der Waals surface area (Å²) in [5, 5.41) is 3.19. The van der Waals surface area contributed by atoms with Crippen molar-refractivity contribution in [3.05, 3.63) is 89.0 Å². The highest BCUT2D eigenvalue weighted by Crippen LogP contribution is 2.51. The molecular weight excluding hydrogens is 474 g/mol. The largest absolute Gasteiger partial charge is 0.492 e. The summed E-state index contributed by atoms with van der Waals surface area (Å²) in [6.07, 6.45) is 0. The molecule has 1 N–H and O–H groups in total. The monoisotopic (exact) mass is 513 g/mol. The van der Waals surface area contributed by atoms with Gasteiger partial charge in [0.15, 0.2) is 0 Å². The molecule has 2 heterocycles. The van der Waals surface area contributed by atoms with E-state index in [0.29, 0.717) is 6.61 Å². The molecule has 6 nitrogen and oxygen atoms in total. The van der Waals surface area contributed by atoms with Crippen LogP contribution >= 0.6 is 0 Å². The van der Waals surface area contributed by atoms with Crippen molar-refractivity contribution in [1.29, 1.82) is 0 Å². The number of nitrogens with one attached hydrogen (secondary N) is 1. The van der Waals surface area contributed by atoms with Crippen molar-refractivity contribution in [3.8, 4) is 5.75 Å². The van der Waals surface area contributed by atoms with Crippen LogP contribution in [-0.4, -0.2) is 64.4 Å². The van der Waals surface area contributed by atoms with E-state index in [1.165, 1.54) is 0 Å². The molecule has 0 bridgehead atoms. The van der Waals surface area contributed by atoms with Crippen molar-refractivity contribution in [2.24, 2.45) is 0 Å². The minimum absolute atomic E-state index is 0.0552. The molecule has 0 saturated carbocycles. The van der Waals surface area contributed by atoms with E-state index < -0.39 is 5.41 Å². The maximum Gasteiger partial charge on any atom is 0.244 e. The number of benzene rings is 3. The van der Waals surface area contributed by atoms with E-state index in [0.717, 1.165) is 72.2 Å². The fraction of sp³-hybridized carbons (Fsp3) is 0.406. The van der Waals surface area contributed by atoms with Crippen LogP contribution in [0.2, 0.25) is 0 Å². The molecule has 0 aliphatic carbocycles. The number of anilines is 2. The first-order chi connectivity index (χ1) is 18.2. The molecule has 6 heteroatoms. The number of morpholine rings is 1. The molecule has 2 aliphatic rings. The van der Waals surface area contributed by atoms with Gasteiger partial charge in [-0.05, 0) is 46.9 Å². The van der Waals surface area contributed by atoms with Crippen molar-refractivity contribution < 1.29 is 14.3 Å². The fourth-order valence-electron chi connectivity index (χ4n) is 5.50. The van der Waals surface area contributed by atoms with Gasteiger partial charge < -0.3 is 19.7 Å². The van der Waals surface area contributed by atoms with Gasteiger partial charge in [-0.1, -0.05) is 57.2 Å². The summed E-state index contributed by atoms with van der Waals surface area (Å²) in [4.78, 5) is 18.6. The number of carbonyl (C=O) groups is 1. The molecule has 2 aliphatic heterocycles. The number of hydrogen-bond acceptors (Lipinski definition) is 5. The van der Waals surface area contributed by atoms with Crippen LogP contribution in [0.1, 0.15) is 43.0 Å². The van der Waals surface area contributed by atoms with Gasteiger partial charge in [0, 0.05) is 56.2 Å². The average Bonchev–Trinajstić information content (AvgIpc) is 3.21. The number of para-hydroxylation sites is 1. The Kier molecular flexibility index (Phi) is 7.21. The lowest BCUT2D eigenvalue weighted by atomic mass is 9.68. The molecule has 1 saturated heterocycles. The lowest BCUT2D eigenvalue weighted by Crippen LogP contribution is -2.39. The number of rotatable bonds is 7. The van der Waals surface area contributed by atoms with Crippen LogP contribution in [0, 0.1) is 0 Å². The highest BCUT2D eigenvalue weighted by Gasteiger charge is 2.51. The summed E-state index contributed by atoms with van der Waals surface area (Å²) in [6.45, 7) is 11.3. The zero-order valence-corrected chi connectivity index (χ0v) is 23.2. The van der Waals surface area contributed by atoms with Crippen molar-refractivity contribution in [2.75, 3.05) is 63.8 Å². The Hall–Kier alpha value is -3.35. The summed E-state index contributed by atoms with van der Waals surface area (Å²) in [5.41, 5.74) is 4.72. The lowest BCUT2D eigenvalue weighted by molar-refractivity contribution is -0.118. The zero-order chi connectivity index (χ0) is 26.9. The smallest absolute Gasteiger partial charge is 0.244 e. The SMILES string of the molecule is CN(C)c1ccc(C2(c3cc(C(C)(C)C)ccc3OCCN3CCOCC3)C(=O)Nc3ccccc32)cc1. The Morgan fingerprint density at radius 3 is 2.37 bits per heavy atom. The van der Waals surface area contributed by atoms with Crippen LogP contribution in [0.15, 0.2) is 66.7 Å². The zero-order valence-electron chi connectivity index (χ0n) is 23.2. The second-order valence-corrected chi connectivity index (χ2v) is 11.5. The quantitative estimate of drug-likeness (QED) is 0.479. The van der Waals surface area contributed by atoms with Crippen LogP contribution in [0.4, 0.5) is 11.4 Å². The predicted molar refractivity (Wildman–Crippen MR) is 154 cm³/mol. The van der Waals surface area contributed by atoms with Crippen LogP contribution in [0.25, 0.3) is 0 Å². The van der Waals surface area contributed by atoms with Crippen molar-refractivity contribution >= 4 is 17.3 Å². The van der Waals surface area contributed by atoms with Gasteiger partial charge in [0.1, 0.15) is 17.8 Å². The molecule has 3 aromatic carbocycles. The first kappa shape index (κ1) is 26.3. The molecule has 1 fully saturated rings. The van der Waals surface area contributed by atoms with Crippen LogP contribution in [0.5, 0.6) is 5.75 Å². The summed E-state index contributed by atoms with van der Waals surface area (Å²) in [7, 11) is 4.05. The van der Waals surface area contributed by atoms with E-state index in [-0.39, 0.29) is 11.3 Å². The van der Waals surface area contributed by atoms with Gasteiger partial charge in [-0.2, -0.15) is 0 Å². The van der Waals surface area contributed by atoms with E-state index in [2.05, 4.69) is 84.4 Å². The normalized spacial score (nSPS) is 19.7. The summed E-state index contributed by atoms with van der Waals surface area (Å²) in [6, 6.07) is 22.7. The number of fused-ring (bicyclic) bond motifs is 1. The molecule has 5 rings (SSSR count). The van der Waals surface area contributed by atoms with E-state index in [4.69, 9.17) is 9.47 Å². The Balaban J connectivity index is 1.66. The number of hydrogen-bond donors (Lipinski definition) is 1. The van der Waals surface area contributed by atoms with E-state index in [9.17, 15) is 4.79 Å². The van der Waals surface area contributed by atoms with E-state index >= 15 is 0 Å². The van der Waals surface area contributed by atoms with Crippen LogP contribution in [-0.2, 0) is 20.4 Å². The van der Waals surface area contributed by atoms with Gasteiger partial charge in [0.2, 0.25) is 5.91 Å². The number of amides is 1. The van der Waals surface area contributed by atoms with Gasteiger partial charge in [0.25, 0.3) is 0 Å². The Bertz CT molecular complexity index is 1290. The van der Waals surface area contributed by atoms with Crippen LogP contribution in [0.3, 0.4) is 0 Å². The van der Waals surface area contributed by atoms with Gasteiger partial charge in [-0.25, -0.2) is 0 Å². The second-order valence-electron chi connectivity index (χ2n) is 11.5. The molecule has 1 unspecified atom stereocenters. The van der Waals surface area contributed by atoms with Gasteiger partial charge in [0.05, 0.1) is 13.2 Å². The third kappa shape index (κ3) is 4.79. The molecule has 1 atom stereocenters. The summed E-state index contributed by atoms with van der Waals surface area (Å²) in [5.74, 6) is 0.690. The Labute approximate surface area is 226 Å². The number of ether oxygens (including phenoxy) is 2. The molecule has 0 spiro atoms. The van der Waals surface area contributed by atoms with Gasteiger partial charge >= 0.3 is 0 Å². The van der Waals surface area contributed by atoms with Crippen LogP contribution < -0.4 is 15.0 Å². The van der Waals surface area contributed by atoms with Crippen molar-refractivity contribution in [1.82, 2.24) is 4.90 Å². The molecular formula is C32H39N3O3. The highest BCUT2D eigenvalue weighted by molar-refractivity contribution is 6.11. The minimum atomic E-state index is -1.03. The van der Waals surface area contributed by atoms with E-state index in [1.807, 2.05) is 32.3 Å². The minimum Gasteiger partial charge on any atom is -0.492 e. The lowest BCUT2D eigenvalue weighted by Gasteiger charge is -2.33. The Morgan fingerprint density at radius 1 is 0.974 bits per heavy atom. The molecule has 0 radical (unpaired) electrons. The molecule has 200 valence electrons. The predicted octanol–water partition coefficient (Wildman–Crippen LogP) is 5.05. The third-order valence-electron chi connectivity index (χ3n) is 7.75. The Morgan fingerprint density at radius 2 is 1.68 bits per heavy atom. The molecule has 3 aromatic rings. The number of nitrogens with zero attached hydrogens (tertiary/aromatic N) is 2. The maximum absolute atomic E-state index is 14.2.